The van der Waals surface area contributed by atoms with Crippen LogP contribution < -0.4 is 0 Å². The average molecular weight is 457 g/mol. The quantitative estimate of drug-likeness (QED) is 0.128. The number of carbonyl (C=O) groups excluding carboxylic acids is 2. The molecule has 0 N–H and O–H groups in total. The van der Waals surface area contributed by atoms with Crippen molar-refractivity contribution in [3.05, 3.63) is 0 Å². The van der Waals surface area contributed by atoms with Crippen LogP contribution in [-0.2, 0) is 19.1 Å². The molecule has 32 heavy (non-hydrogen) atoms. The molecule has 0 aromatic rings. The highest BCUT2D eigenvalue weighted by atomic mass is 16.5. The lowest BCUT2D eigenvalue weighted by atomic mass is 10.0. The summed E-state index contributed by atoms with van der Waals surface area (Å²) in [5, 5.41) is 0. The Morgan fingerprint density at radius 2 is 0.938 bits per heavy atom. The van der Waals surface area contributed by atoms with Crippen molar-refractivity contribution in [1.82, 2.24) is 0 Å². The predicted octanol–water partition coefficient (Wildman–Crippen LogP) is 8.80. The maximum absolute atomic E-state index is 11.1. The molecule has 192 valence electrons. The van der Waals surface area contributed by atoms with Crippen molar-refractivity contribution < 1.29 is 19.1 Å². The van der Waals surface area contributed by atoms with Gasteiger partial charge in [0.05, 0.1) is 20.1 Å². The number of carbonyl (C=O) groups is 2. The van der Waals surface area contributed by atoms with Gasteiger partial charge in [-0.1, -0.05) is 130 Å². The molecule has 0 aromatic heterocycles. The molecule has 4 nitrogen and oxygen atoms in total. The number of hydrogen-bond donors (Lipinski definition) is 0. The smallest absolute Gasteiger partial charge is 0.308 e. The Hall–Kier alpha value is -1.06. The molecule has 0 fully saturated rings. The third-order valence-electron chi connectivity index (χ3n) is 6.06. The first-order valence-corrected chi connectivity index (χ1v) is 13.7. The molecule has 0 saturated carbocycles. The third-order valence-corrected chi connectivity index (χ3v) is 6.06. The molecule has 4 heteroatoms. The second-order valence-corrected chi connectivity index (χ2v) is 9.20. The minimum absolute atomic E-state index is 0.0667. The van der Waals surface area contributed by atoms with E-state index in [1.54, 1.807) is 0 Å². The minimum Gasteiger partial charge on any atom is -0.469 e. The second kappa shape index (κ2) is 28.0. The molecule has 0 spiro atoms. The van der Waals surface area contributed by atoms with E-state index in [0.29, 0.717) is 6.42 Å². The molecule has 0 heterocycles. The summed E-state index contributed by atoms with van der Waals surface area (Å²) in [7, 11) is 2.92. The Labute approximate surface area is 200 Å². The van der Waals surface area contributed by atoms with Gasteiger partial charge in [0, 0.05) is 6.42 Å². The lowest BCUT2D eigenvalue weighted by Gasteiger charge is -2.08. The van der Waals surface area contributed by atoms with Crippen LogP contribution in [0.3, 0.4) is 0 Å². The summed E-state index contributed by atoms with van der Waals surface area (Å²) in [6.07, 6.45) is 25.1. The Morgan fingerprint density at radius 3 is 1.31 bits per heavy atom. The van der Waals surface area contributed by atoms with Gasteiger partial charge >= 0.3 is 11.9 Å². The zero-order chi connectivity index (χ0) is 24.3. The molecule has 0 aliphatic rings. The van der Waals surface area contributed by atoms with Gasteiger partial charge in [-0.3, -0.25) is 9.59 Å². The number of rotatable bonds is 21. The van der Waals surface area contributed by atoms with E-state index in [1.165, 1.54) is 117 Å². The predicted molar refractivity (Wildman–Crippen MR) is 137 cm³/mol. The highest BCUT2D eigenvalue weighted by Crippen LogP contribution is 2.14. The highest BCUT2D eigenvalue weighted by Gasteiger charge is 2.11. The van der Waals surface area contributed by atoms with Gasteiger partial charge < -0.3 is 9.47 Å². The number of unbranched alkanes of at least 4 members (excludes halogenated alkanes) is 16. The van der Waals surface area contributed by atoms with E-state index in [4.69, 9.17) is 4.74 Å². The standard InChI is InChI=1S/2C14H28O2/c1-4-5-6-7-8-9-10-11-12-13(2)14(15)16-3;1-3-4-5-6-7-8-9-10-11-12-13-14(15)16-2/h13H,4-12H2,1-3H3;3-13H2,1-2H3. The zero-order valence-corrected chi connectivity index (χ0v) is 22.4. The van der Waals surface area contributed by atoms with Crippen molar-refractivity contribution in [2.24, 2.45) is 5.92 Å². The maximum Gasteiger partial charge on any atom is 0.308 e. The van der Waals surface area contributed by atoms with Gasteiger partial charge in [-0.2, -0.15) is 0 Å². The van der Waals surface area contributed by atoms with Crippen LogP contribution in [0.2, 0.25) is 0 Å². The van der Waals surface area contributed by atoms with Gasteiger partial charge in [-0.25, -0.2) is 0 Å². The van der Waals surface area contributed by atoms with E-state index >= 15 is 0 Å². The van der Waals surface area contributed by atoms with Crippen LogP contribution in [0.4, 0.5) is 0 Å². The second-order valence-electron chi connectivity index (χ2n) is 9.20. The van der Waals surface area contributed by atoms with Crippen LogP contribution in [0.25, 0.3) is 0 Å². The molecular weight excluding hydrogens is 400 g/mol. The Morgan fingerprint density at radius 1 is 0.562 bits per heavy atom. The largest absolute Gasteiger partial charge is 0.469 e. The van der Waals surface area contributed by atoms with Crippen LogP contribution in [-0.4, -0.2) is 26.2 Å². The normalized spacial score (nSPS) is 11.4. The fourth-order valence-corrected chi connectivity index (χ4v) is 3.76. The topological polar surface area (TPSA) is 52.6 Å². The van der Waals surface area contributed by atoms with Gasteiger partial charge in [0.15, 0.2) is 0 Å². The van der Waals surface area contributed by atoms with Gasteiger partial charge in [-0.15, -0.1) is 0 Å². The Kier molecular flexibility index (Phi) is 28.9. The van der Waals surface area contributed by atoms with Crippen molar-refractivity contribution in [1.29, 1.82) is 0 Å². The van der Waals surface area contributed by atoms with E-state index in [-0.39, 0.29) is 17.9 Å². The highest BCUT2D eigenvalue weighted by molar-refractivity contribution is 5.71. The molecule has 0 rings (SSSR count). The molecule has 1 atom stereocenters. The molecule has 0 saturated heterocycles. The molecule has 0 amide bonds. The Balaban J connectivity index is 0. The molecule has 0 aromatic carbocycles. The van der Waals surface area contributed by atoms with E-state index in [9.17, 15) is 9.59 Å². The first kappa shape index (κ1) is 33.1. The number of ether oxygens (including phenoxy) is 2. The summed E-state index contributed by atoms with van der Waals surface area (Å²) in [6, 6.07) is 0. The van der Waals surface area contributed by atoms with E-state index in [1.807, 2.05) is 6.92 Å². The molecule has 0 aliphatic heterocycles. The molecule has 1 unspecified atom stereocenters. The first-order valence-electron chi connectivity index (χ1n) is 13.7. The number of hydrogen-bond acceptors (Lipinski definition) is 4. The van der Waals surface area contributed by atoms with Crippen molar-refractivity contribution >= 4 is 11.9 Å². The average Bonchev–Trinajstić information content (AvgIpc) is 2.81. The zero-order valence-electron chi connectivity index (χ0n) is 22.4. The van der Waals surface area contributed by atoms with Gasteiger partial charge in [0.1, 0.15) is 0 Å². The lowest BCUT2D eigenvalue weighted by Crippen LogP contribution is -2.12. The molecular formula is C28H56O4. The van der Waals surface area contributed by atoms with Gasteiger partial charge in [0.25, 0.3) is 0 Å². The fraction of sp³-hybridized carbons (Fsp3) is 0.929. The Bertz CT molecular complexity index is 395. The lowest BCUT2D eigenvalue weighted by molar-refractivity contribution is -0.145. The molecule has 0 bridgehead atoms. The fourth-order valence-electron chi connectivity index (χ4n) is 3.76. The van der Waals surface area contributed by atoms with Gasteiger partial charge in [-0.05, 0) is 12.8 Å². The summed E-state index contributed by atoms with van der Waals surface area (Å²) in [5.41, 5.74) is 0. The van der Waals surface area contributed by atoms with Crippen LogP contribution in [0.15, 0.2) is 0 Å². The van der Waals surface area contributed by atoms with E-state index < -0.39 is 0 Å². The van der Waals surface area contributed by atoms with Gasteiger partial charge in [0.2, 0.25) is 0 Å². The number of esters is 2. The summed E-state index contributed by atoms with van der Waals surface area (Å²) in [6.45, 7) is 6.45. The molecule has 0 radical (unpaired) electrons. The van der Waals surface area contributed by atoms with E-state index in [0.717, 1.165) is 19.3 Å². The monoisotopic (exact) mass is 456 g/mol. The van der Waals surface area contributed by atoms with Crippen molar-refractivity contribution in [2.75, 3.05) is 14.2 Å². The summed E-state index contributed by atoms with van der Waals surface area (Å²) < 4.78 is 9.29. The third kappa shape index (κ3) is 27.0. The minimum atomic E-state index is -0.0698. The van der Waals surface area contributed by atoms with E-state index in [2.05, 4.69) is 18.6 Å². The summed E-state index contributed by atoms with van der Waals surface area (Å²) in [5.74, 6) is -0.0624. The summed E-state index contributed by atoms with van der Waals surface area (Å²) in [4.78, 5) is 22.0. The van der Waals surface area contributed by atoms with Crippen molar-refractivity contribution in [2.45, 2.75) is 149 Å². The van der Waals surface area contributed by atoms with Crippen LogP contribution in [0.1, 0.15) is 149 Å². The van der Waals surface area contributed by atoms with Crippen molar-refractivity contribution in [3.8, 4) is 0 Å². The maximum atomic E-state index is 11.1. The molecule has 0 aliphatic carbocycles. The SMILES string of the molecule is CCCCCCCCCCC(C)C(=O)OC.CCCCCCCCCCCCC(=O)OC. The number of methoxy groups -OCH3 is 2. The van der Waals surface area contributed by atoms with Crippen LogP contribution in [0.5, 0.6) is 0 Å². The van der Waals surface area contributed by atoms with Crippen molar-refractivity contribution in [3.63, 3.8) is 0 Å². The summed E-state index contributed by atoms with van der Waals surface area (Å²) >= 11 is 0. The van der Waals surface area contributed by atoms with Crippen LogP contribution >= 0.6 is 0 Å². The van der Waals surface area contributed by atoms with Crippen LogP contribution in [0, 0.1) is 5.92 Å². The first-order chi connectivity index (χ1) is 15.5.